The van der Waals surface area contributed by atoms with Crippen LogP contribution < -0.4 is 0 Å². The average molecular weight is 602 g/mol. The van der Waals surface area contributed by atoms with Gasteiger partial charge in [0.05, 0.1) is 15.7 Å². The van der Waals surface area contributed by atoms with E-state index in [1.165, 1.54) is 17.0 Å². The van der Waals surface area contributed by atoms with E-state index in [2.05, 4.69) is 15.0 Å². The molecule has 4 aromatic rings. The molecule has 1 fully saturated rings. The molecule has 2 aromatic heterocycles. The van der Waals surface area contributed by atoms with Gasteiger partial charge in [-0.15, -0.1) is 0 Å². The number of halogens is 8. The van der Waals surface area contributed by atoms with Crippen molar-refractivity contribution in [1.29, 1.82) is 0 Å². The summed E-state index contributed by atoms with van der Waals surface area (Å²) in [5, 5.41) is 4.66. The van der Waals surface area contributed by atoms with Gasteiger partial charge in [-0.3, -0.25) is 9.69 Å². The Labute approximate surface area is 233 Å². The Bertz CT molecular complexity index is 1570. The summed E-state index contributed by atoms with van der Waals surface area (Å²) in [5.74, 6) is -6.57. The zero-order valence-electron chi connectivity index (χ0n) is 20.4. The van der Waals surface area contributed by atoms with Gasteiger partial charge in [-0.2, -0.15) is 27.1 Å². The van der Waals surface area contributed by atoms with E-state index in [0.29, 0.717) is 40.3 Å². The molecule has 1 amide bonds. The Kier molecular flexibility index (Phi) is 7.45. The van der Waals surface area contributed by atoms with E-state index in [-0.39, 0.29) is 35.7 Å². The molecule has 0 atom stereocenters. The number of carbonyl (C=O) groups is 1. The van der Waals surface area contributed by atoms with Gasteiger partial charge in [0.25, 0.3) is 5.91 Å². The van der Waals surface area contributed by atoms with E-state index in [1.54, 1.807) is 12.1 Å². The summed E-state index contributed by atoms with van der Waals surface area (Å²) in [6.45, 7) is 2.05. The van der Waals surface area contributed by atoms with Gasteiger partial charge in [0.2, 0.25) is 0 Å². The number of fused-ring (bicyclic) bond motifs is 1. The number of piperazine rings is 1. The summed E-state index contributed by atoms with van der Waals surface area (Å²) < 4.78 is 83.0. The lowest BCUT2D eigenvalue weighted by Crippen LogP contribution is -2.48. The van der Waals surface area contributed by atoms with Crippen molar-refractivity contribution in [2.45, 2.75) is 18.6 Å². The lowest BCUT2D eigenvalue weighted by Gasteiger charge is -2.34. The predicted octanol–water partition coefficient (Wildman–Crippen LogP) is 6.45. The number of benzene rings is 2. The zero-order chi connectivity index (χ0) is 28.8. The number of aromatic nitrogens is 3. The lowest BCUT2D eigenvalue weighted by atomic mass is 10.1. The van der Waals surface area contributed by atoms with Crippen LogP contribution in [0.25, 0.3) is 16.9 Å². The summed E-state index contributed by atoms with van der Waals surface area (Å²) in [7, 11) is 0. The third-order valence-electron chi connectivity index (χ3n) is 6.51. The average Bonchev–Trinajstić information content (AvgIpc) is 3.34. The molecule has 6 nitrogen and oxygen atoms in total. The lowest BCUT2D eigenvalue weighted by molar-refractivity contribution is -0.291. The van der Waals surface area contributed by atoms with Crippen LogP contribution in [0.5, 0.6) is 0 Å². The number of amides is 1. The molecule has 0 unspecified atom stereocenters. The van der Waals surface area contributed by atoms with Gasteiger partial charge < -0.3 is 4.90 Å². The van der Waals surface area contributed by atoms with Crippen LogP contribution in [0.15, 0.2) is 54.6 Å². The van der Waals surface area contributed by atoms with Crippen LogP contribution in [0.3, 0.4) is 0 Å². The molecular formula is C26H19Cl2F6N5O. The Morgan fingerprint density at radius 1 is 0.875 bits per heavy atom. The largest absolute Gasteiger partial charge is 0.459 e. The Hall–Kier alpha value is -3.35. The monoisotopic (exact) mass is 601 g/mol. The van der Waals surface area contributed by atoms with Crippen molar-refractivity contribution in [1.82, 2.24) is 24.4 Å². The van der Waals surface area contributed by atoms with Gasteiger partial charge in [0.1, 0.15) is 11.5 Å². The first-order valence-electron chi connectivity index (χ1n) is 11.9. The number of rotatable bonds is 5. The van der Waals surface area contributed by atoms with Crippen molar-refractivity contribution in [3.63, 3.8) is 0 Å². The molecule has 0 radical (unpaired) electrons. The Morgan fingerprint density at radius 2 is 1.55 bits per heavy atom. The molecule has 0 bridgehead atoms. The molecule has 1 aliphatic rings. The molecule has 1 saturated heterocycles. The first kappa shape index (κ1) is 28.2. The molecule has 0 N–H and O–H groups in total. The van der Waals surface area contributed by atoms with E-state index < -0.39 is 29.5 Å². The minimum atomic E-state index is -5.94. The summed E-state index contributed by atoms with van der Waals surface area (Å²) in [5.41, 5.74) is -1.47. The molecule has 0 aliphatic carbocycles. The van der Waals surface area contributed by atoms with Crippen molar-refractivity contribution in [3.8, 4) is 11.3 Å². The van der Waals surface area contributed by atoms with Gasteiger partial charge in [0, 0.05) is 44.4 Å². The van der Waals surface area contributed by atoms with Gasteiger partial charge in [-0.1, -0.05) is 29.3 Å². The molecular weight excluding hydrogens is 583 g/mol. The third-order valence-corrected chi connectivity index (χ3v) is 7.25. The van der Waals surface area contributed by atoms with Crippen LogP contribution in [0.2, 0.25) is 10.0 Å². The highest BCUT2D eigenvalue weighted by Gasteiger charge is 2.60. The summed E-state index contributed by atoms with van der Waals surface area (Å²) in [4.78, 5) is 20.8. The second-order valence-electron chi connectivity index (χ2n) is 9.22. The van der Waals surface area contributed by atoms with Crippen LogP contribution >= 0.6 is 23.2 Å². The molecule has 210 valence electrons. The van der Waals surface area contributed by atoms with Gasteiger partial charge in [-0.25, -0.2) is 13.9 Å². The van der Waals surface area contributed by atoms with Gasteiger partial charge in [0.15, 0.2) is 11.3 Å². The molecule has 0 spiro atoms. The van der Waals surface area contributed by atoms with Crippen LogP contribution in [0.1, 0.15) is 21.7 Å². The highest BCUT2D eigenvalue weighted by Crippen LogP contribution is 2.44. The summed E-state index contributed by atoms with van der Waals surface area (Å²) >= 11 is 12.0. The molecule has 14 heteroatoms. The number of hydrogen-bond acceptors (Lipinski definition) is 4. The third kappa shape index (κ3) is 5.48. The van der Waals surface area contributed by atoms with E-state index in [1.807, 2.05) is 6.07 Å². The fraction of sp³-hybridized carbons (Fsp3) is 0.269. The molecule has 0 saturated carbocycles. The first-order valence-corrected chi connectivity index (χ1v) is 12.7. The number of hydrogen-bond donors (Lipinski definition) is 0. The van der Waals surface area contributed by atoms with Crippen LogP contribution in [0, 0.1) is 5.82 Å². The second kappa shape index (κ2) is 10.6. The van der Waals surface area contributed by atoms with E-state index in [9.17, 15) is 31.1 Å². The van der Waals surface area contributed by atoms with E-state index in [4.69, 9.17) is 23.2 Å². The van der Waals surface area contributed by atoms with Crippen molar-refractivity contribution >= 4 is 34.8 Å². The van der Waals surface area contributed by atoms with Crippen molar-refractivity contribution in [2.24, 2.45) is 0 Å². The maximum atomic E-state index is 14.6. The first-order chi connectivity index (χ1) is 18.8. The minimum Gasteiger partial charge on any atom is -0.335 e. The molecule has 3 heterocycles. The zero-order valence-corrected chi connectivity index (χ0v) is 21.9. The van der Waals surface area contributed by atoms with Crippen molar-refractivity contribution in [2.75, 3.05) is 26.2 Å². The molecule has 40 heavy (non-hydrogen) atoms. The summed E-state index contributed by atoms with van der Waals surface area (Å²) in [6, 6.07) is 11.3. The van der Waals surface area contributed by atoms with Crippen molar-refractivity contribution in [3.05, 3.63) is 87.4 Å². The minimum absolute atomic E-state index is 0.107. The van der Waals surface area contributed by atoms with E-state index >= 15 is 0 Å². The molecule has 5 rings (SSSR count). The quantitative estimate of drug-likeness (QED) is 0.247. The highest BCUT2D eigenvalue weighted by atomic mass is 35.5. The number of nitrogens with zero attached hydrogens (tertiary/aromatic N) is 5. The fourth-order valence-electron chi connectivity index (χ4n) is 4.38. The van der Waals surface area contributed by atoms with Crippen molar-refractivity contribution < 1.29 is 31.1 Å². The Balaban J connectivity index is 1.41. The SMILES string of the molecule is O=C(c1cc2nc(-c3ccc(F)cc3)cc(C(F)(F)C(F)(F)F)n2n1)N1CCN(Cc2ccc(Cl)c(Cl)c2)CC1. The summed E-state index contributed by atoms with van der Waals surface area (Å²) in [6.07, 6.45) is -5.94. The second-order valence-corrected chi connectivity index (χ2v) is 10.0. The maximum absolute atomic E-state index is 14.6. The molecule has 2 aromatic carbocycles. The van der Waals surface area contributed by atoms with Gasteiger partial charge >= 0.3 is 12.1 Å². The maximum Gasteiger partial charge on any atom is 0.459 e. The van der Waals surface area contributed by atoms with Crippen LogP contribution in [-0.2, 0) is 12.5 Å². The van der Waals surface area contributed by atoms with Crippen LogP contribution in [-0.4, -0.2) is 62.7 Å². The van der Waals surface area contributed by atoms with E-state index in [0.717, 1.165) is 23.8 Å². The smallest absolute Gasteiger partial charge is 0.335 e. The van der Waals surface area contributed by atoms with Gasteiger partial charge in [-0.05, 0) is 48.0 Å². The van der Waals surface area contributed by atoms with Crippen LogP contribution in [0.4, 0.5) is 26.3 Å². The molecule has 1 aliphatic heterocycles. The number of carbonyl (C=O) groups excluding carboxylic acids is 1. The standard InChI is InChI=1S/C26H19Cl2F6N5O/c27-18-6-1-15(11-19(18)28)14-37-7-9-38(10-8-37)24(40)21-13-23-35-20(16-2-4-17(29)5-3-16)12-22(39(23)36-21)25(30,31)26(32,33)34/h1-6,11-13H,7-10,14H2. The normalized spacial score (nSPS) is 15.2. The highest BCUT2D eigenvalue weighted by molar-refractivity contribution is 6.42. The topological polar surface area (TPSA) is 53.7 Å². The predicted molar refractivity (Wildman–Crippen MR) is 136 cm³/mol. The number of alkyl halides is 5. The Morgan fingerprint density at radius 3 is 2.17 bits per heavy atom. The fourth-order valence-corrected chi connectivity index (χ4v) is 4.70.